The van der Waals surface area contributed by atoms with Gasteiger partial charge in [-0.2, -0.15) is 0 Å². The molecule has 0 radical (unpaired) electrons. The lowest BCUT2D eigenvalue weighted by Crippen LogP contribution is -2.56. The Morgan fingerprint density at radius 1 is 1.18 bits per heavy atom. The second kappa shape index (κ2) is 9.28. The van der Waals surface area contributed by atoms with Gasteiger partial charge in [0.15, 0.2) is 5.60 Å². The summed E-state index contributed by atoms with van der Waals surface area (Å²) in [5.74, 6) is -0.803. The molecular weight excluding hydrogens is 354 g/mol. The van der Waals surface area contributed by atoms with Crippen molar-refractivity contribution in [3.8, 4) is 0 Å². The van der Waals surface area contributed by atoms with Gasteiger partial charge >= 0.3 is 5.97 Å². The standard InChI is InChI=1S/C22H25N3O3/c1-2-12-24-21(27)22(28-20(26)19-9-6-13-23-16-19)10-14-25(15-11-22)17-18-7-4-3-5-8-18/h2-9,13,16H,1,10-12,14-15,17H2,(H,24,27). The van der Waals surface area contributed by atoms with Gasteiger partial charge in [0, 0.05) is 51.4 Å². The van der Waals surface area contributed by atoms with Crippen LogP contribution in [-0.2, 0) is 16.1 Å². The number of amides is 1. The van der Waals surface area contributed by atoms with E-state index in [2.05, 4.69) is 33.9 Å². The van der Waals surface area contributed by atoms with Crippen LogP contribution in [0, 0.1) is 0 Å². The van der Waals surface area contributed by atoms with Crippen molar-refractivity contribution in [1.82, 2.24) is 15.2 Å². The van der Waals surface area contributed by atoms with E-state index in [9.17, 15) is 9.59 Å². The number of benzene rings is 1. The molecule has 0 aliphatic carbocycles. The molecule has 0 atom stereocenters. The van der Waals surface area contributed by atoms with Gasteiger partial charge < -0.3 is 10.1 Å². The fraction of sp³-hybridized carbons (Fsp3) is 0.318. The van der Waals surface area contributed by atoms with E-state index >= 15 is 0 Å². The molecule has 1 fully saturated rings. The summed E-state index contributed by atoms with van der Waals surface area (Å²) in [7, 11) is 0. The third kappa shape index (κ3) is 4.84. The van der Waals surface area contributed by atoms with Crippen LogP contribution in [0.1, 0.15) is 28.8 Å². The summed E-state index contributed by atoms with van der Waals surface area (Å²) >= 11 is 0. The number of ether oxygens (including phenoxy) is 1. The van der Waals surface area contributed by atoms with Crippen LogP contribution in [0.5, 0.6) is 0 Å². The zero-order chi connectivity index (χ0) is 19.8. The Kier molecular flexibility index (Phi) is 6.55. The minimum atomic E-state index is -1.18. The van der Waals surface area contributed by atoms with Gasteiger partial charge in [-0.25, -0.2) is 4.79 Å². The first-order valence-electron chi connectivity index (χ1n) is 9.42. The number of likely N-dealkylation sites (tertiary alicyclic amines) is 1. The SMILES string of the molecule is C=CCNC(=O)C1(OC(=O)c2cccnc2)CCN(Cc2ccccc2)CC1. The molecule has 2 aromatic rings. The summed E-state index contributed by atoms with van der Waals surface area (Å²) < 4.78 is 5.77. The van der Waals surface area contributed by atoms with E-state index in [4.69, 9.17) is 4.74 Å². The third-order valence-electron chi connectivity index (χ3n) is 4.92. The molecule has 1 aliphatic rings. The predicted molar refractivity (Wildman–Crippen MR) is 107 cm³/mol. The van der Waals surface area contributed by atoms with Gasteiger partial charge in [-0.1, -0.05) is 36.4 Å². The highest BCUT2D eigenvalue weighted by molar-refractivity contribution is 5.94. The van der Waals surface area contributed by atoms with E-state index in [1.54, 1.807) is 24.4 Å². The fourth-order valence-corrected chi connectivity index (χ4v) is 3.34. The minimum absolute atomic E-state index is 0.274. The first kappa shape index (κ1) is 19.8. The van der Waals surface area contributed by atoms with Gasteiger partial charge in [0.2, 0.25) is 0 Å². The van der Waals surface area contributed by atoms with E-state index in [-0.39, 0.29) is 5.91 Å². The van der Waals surface area contributed by atoms with E-state index in [0.717, 1.165) is 6.54 Å². The van der Waals surface area contributed by atoms with Crippen LogP contribution in [0.4, 0.5) is 0 Å². The van der Waals surface area contributed by atoms with E-state index in [0.29, 0.717) is 38.0 Å². The molecule has 146 valence electrons. The lowest BCUT2D eigenvalue weighted by atomic mass is 9.89. The zero-order valence-corrected chi connectivity index (χ0v) is 15.8. The Bertz CT molecular complexity index is 800. The lowest BCUT2D eigenvalue weighted by molar-refractivity contribution is -0.146. The Labute approximate surface area is 165 Å². The smallest absolute Gasteiger partial charge is 0.340 e. The predicted octanol–water partition coefficient (Wildman–Crippen LogP) is 2.58. The number of hydrogen-bond donors (Lipinski definition) is 1. The maximum absolute atomic E-state index is 12.8. The Morgan fingerprint density at radius 3 is 2.57 bits per heavy atom. The summed E-state index contributed by atoms with van der Waals surface area (Å²) in [6.07, 6.45) is 5.52. The summed E-state index contributed by atoms with van der Waals surface area (Å²) in [5, 5.41) is 2.80. The monoisotopic (exact) mass is 379 g/mol. The first-order chi connectivity index (χ1) is 13.6. The van der Waals surface area contributed by atoms with Crippen LogP contribution in [0.2, 0.25) is 0 Å². The maximum atomic E-state index is 12.8. The highest BCUT2D eigenvalue weighted by atomic mass is 16.6. The van der Waals surface area contributed by atoms with Gasteiger partial charge in [-0.15, -0.1) is 6.58 Å². The van der Waals surface area contributed by atoms with Crippen molar-refractivity contribution in [2.24, 2.45) is 0 Å². The van der Waals surface area contributed by atoms with Crippen LogP contribution in [0.25, 0.3) is 0 Å². The molecule has 0 unspecified atom stereocenters. The minimum Gasteiger partial charge on any atom is -0.445 e. The molecule has 0 saturated carbocycles. The van der Waals surface area contributed by atoms with Gasteiger partial charge in [-0.3, -0.25) is 14.7 Å². The van der Waals surface area contributed by atoms with E-state index < -0.39 is 11.6 Å². The van der Waals surface area contributed by atoms with Crippen molar-refractivity contribution in [1.29, 1.82) is 0 Å². The summed E-state index contributed by atoms with van der Waals surface area (Å²) in [6, 6.07) is 13.5. The molecule has 28 heavy (non-hydrogen) atoms. The summed E-state index contributed by atoms with van der Waals surface area (Å²) in [4.78, 5) is 31.7. The number of nitrogens with one attached hydrogen (secondary N) is 1. The number of pyridine rings is 1. The largest absolute Gasteiger partial charge is 0.445 e. The molecule has 0 spiro atoms. The van der Waals surface area contributed by atoms with Crippen molar-refractivity contribution >= 4 is 11.9 Å². The number of piperidine rings is 1. The molecule has 0 bridgehead atoms. The normalized spacial score (nSPS) is 16.1. The van der Waals surface area contributed by atoms with Crippen LogP contribution < -0.4 is 5.32 Å². The molecule has 1 aliphatic heterocycles. The number of carbonyl (C=O) groups is 2. The molecule has 1 aromatic carbocycles. The average molecular weight is 379 g/mol. The molecule has 6 heteroatoms. The number of esters is 1. The Hall–Kier alpha value is -2.99. The van der Waals surface area contributed by atoms with Gasteiger partial charge in [0.05, 0.1) is 5.56 Å². The molecular formula is C22H25N3O3. The second-order valence-corrected chi connectivity index (χ2v) is 6.89. The quantitative estimate of drug-likeness (QED) is 0.591. The number of aromatic nitrogens is 1. The summed E-state index contributed by atoms with van der Waals surface area (Å²) in [6.45, 7) is 6.10. The maximum Gasteiger partial charge on any atom is 0.340 e. The number of nitrogens with zero attached hydrogens (tertiary/aromatic N) is 2. The molecule has 1 amide bonds. The van der Waals surface area contributed by atoms with Gasteiger partial charge in [0.25, 0.3) is 5.91 Å². The molecule has 1 aromatic heterocycles. The highest BCUT2D eigenvalue weighted by Gasteiger charge is 2.45. The van der Waals surface area contributed by atoms with Crippen molar-refractivity contribution in [3.63, 3.8) is 0 Å². The first-order valence-corrected chi connectivity index (χ1v) is 9.42. The molecule has 3 rings (SSSR count). The van der Waals surface area contributed by atoms with Crippen molar-refractivity contribution in [2.45, 2.75) is 25.0 Å². The molecule has 1 saturated heterocycles. The average Bonchev–Trinajstić information content (AvgIpc) is 2.75. The zero-order valence-electron chi connectivity index (χ0n) is 15.8. The van der Waals surface area contributed by atoms with Crippen molar-refractivity contribution < 1.29 is 14.3 Å². The van der Waals surface area contributed by atoms with Crippen LogP contribution in [0.3, 0.4) is 0 Å². The second-order valence-electron chi connectivity index (χ2n) is 6.89. The number of carbonyl (C=O) groups excluding carboxylic acids is 2. The lowest BCUT2D eigenvalue weighted by Gasteiger charge is -2.39. The summed E-state index contributed by atoms with van der Waals surface area (Å²) in [5.41, 5.74) is 0.381. The molecule has 6 nitrogen and oxygen atoms in total. The highest BCUT2D eigenvalue weighted by Crippen LogP contribution is 2.29. The van der Waals surface area contributed by atoms with Crippen LogP contribution >= 0.6 is 0 Å². The van der Waals surface area contributed by atoms with E-state index in [1.807, 2.05) is 18.2 Å². The van der Waals surface area contributed by atoms with Crippen LogP contribution in [-0.4, -0.2) is 47.0 Å². The molecule has 2 heterocycles. The van der Waals surface area contributed by atoms with E-state index in [1.165, 1.54) is 11.8 Å². The number of rotatable bonds is 7. The Balaban J connectivity index is 1.70. The molecule has 1 N–H and O–H groups in total. The van der Waals surface area contributed by atoms with Crippen LogP contribution in [0.15, 0.2) is 67.5 Å². The topological polar surface area (TPSA) is 71.5 Å². The fourth-order valence-electron chi connectivity index (χ4n) is 3.34. The van der Waals surface area contributed by atoms with Crippen molar-refractivity contribution in [3.05, 3.63) is 78.6 Å². The number of hydrogen-bond acceptors (Lipinski definition) is 5. The Morgan fingerprint density at radius 2 is 1.93 bits per heavy atom. The van der Waals surface area contributed by atoms with Gasteiger partial charge in [-0.05, 0) is 17.7 Å². The van der Waals surface area contributed by atoms with Gasteiger partial charge in [0.1, 0.15) is 0 Å². The van der Waals surface area contributed by atoms with Crippen molar-refractivity contribution in [2.75, 3.05) is 19.6 Å². The third-order valence-corrected chi connectivity index (χ3v) is 4.92.